The first-order valence-corrected chi connectivity index (χ1v) is 10.2. The number of benzene rings is 1. The van der Waals surface area contributed by atoms with Gasteiger partial charge in [0, 0.05) is 18.8 Å². The SMILES string of the molecule is Cc1noc(C)c1S(=O)(=O)N1CCC[C@@H]1C(=O)N1CCc2ccccc21. The number of carbonyl (C=O) groups excluding carboxylic acids is 1. The molecule has 0 aliphatic carbocycles. The minimum atomic E-state index is -3.83. The quantitative estimate of drug-likeness (QED) is 0.820. The molecule has 26 heavy (non-hydrogen) atoms. The molecule has 7 nitrogen and oxygen atoms in total. The van der Waals surface area contributed by atoms with Crippen molar-refractivity contribution in [2.75, 3.05) is 18.0 Å². The van der Waals surface area contributed by atoms with Gasteiger partial charge in [-0.15, -0.1) is 0 Å². The monoisotopic (exact) mass is 375 g/mol. The van der Waals surface area contributed by atoms with Crippen molar-refractivity contribution in [1.82, 2.24) is 9.46 Å². The molecule has 1 fully saturated rings. The molecular weight excluding hydrogens is 354 g/mol. The van der Waals surface area contributed by atoms with Crippen LogP contribution < -0.4 is 4.90 Å². The maximum atomic E-state index is 13.2. The van der Waals surface area contributed by atoms with Gasteiger partial charge in [0.05, 0.1) is 0 Å². The summed E-state index contributed by atoms with van der Waals surface area (Å²) in [6, 6.07) is 7.10. The van der Waals surface area contributed by atoms with Crippen LogP contribution in [0.3, 0.4) is 0 Å². The summed E-state index contributed by atoms with van der Waals surface area (Å²) in [4.78, 5) is 15.0. The lowest BCUT2D eigenvalue weighted by Gasteiger charge is -2.27. The van der Waals surface area contributed by atoms with Gasteiger partial charge in [-0.1, -0.05) is 23.4 Å². The van der Waals surface area contributed by atoms with Crippen LogP contribution in [0, 0.1) is 13.8 Å². The number of fused-ring (bicyclic) bond motifs is 1. The number of rotatable bonds is 3. The van der Waals surface area contributed by atoms with Crippen molar-refractivity contribution in [3.63, 3.8) is 0 Å². The van der Waals surface area contributed by atoms with Gasteiger partial charge in [0.1, 0.15) is 16.6 Å². The highest BCUT2D eigenvalue weighted by Gasteiger charge is 2.44. The molecule has 8 heteroatoms. The van der Waals surface area contributed by atoms with Crippen LogP contribution in [-0.4, -0.2) is 42.9 Å². The van der Waals surface area contributed by atoms with E-state index in [1.807, 2.05) is 24.3 Å². The van der Waals surface area contributed by atoms with E-state index in [1.165, 1.54) is 4.31 Å². The molecule has 1 aromatic carbocycles. The summed E-state index contributed by atoms with van der Waals surface area (Å²) in [5.41, 5.74) is 2.34. The fraction of sp³-hybridized carbons (Fsp3) is 0.444. The van der Waals surface area contributed by atoms with E-state index in [0.29, 0.717) is 31.6 Å². The van der Waals surface area contributed by atoms with Crippen molar-refractivity contribution in [2.24, 2.45) is 0 Å². The summed E-state index contributed by atoms with van der Waals surface area (Å²) in [6.45, 7) is 4.11. The number of aryl methyl sites for hydroxylation is 2. The number of carbonyl (C=O) groups is 1. The van der Waals surface area contributed by atoms with E-state index >= 15 is 0 Å². The van der Waals surface area contributed by atoms with E-state index in [0.717, 1.165) is 17.7 Å². The van der Waals surface area contributed by atoms with Crippen molar-refractivity contribution in [3.8, 4) is 0 Å². The Kier molecular flexibility index (Phi) is 4.11. The van der Waals surface area contributed by atoms with Crippen molar-refractivity contribution in [2.45, 2.75) is 44.0 Å². The van der Waals surface area contributed by atoms with Crippen LogP contribution in [-0.2, 0) is 21.2 Å². The van der Waals surface area contributed by atoms with E-state index in [2.05, 4.69) is 5.16 Å². The van der Waals surface area contributed by atoms with E-state index in [1.54, 1.807) is 18.7 Å². The molecule has 0 N–H and O–H groups in total. The van der Waals surface area contributed by atoms with E-state index in [9.17, 15) is 13.2 Å². The summed E-state index contributed by atoms with van der Waals surface area (Å²) in [6.07, 6.45) is 1.99. The predicted octanol–water partition coefficient (Wildman–Crippen LogP) is 2.03. The topological polar surface area (TPSA) is 83.7 Å². The summed E-state index contributed by atoms with van der Waals surface area (Å²) in [5, 5.41) is 3.75. The molecule has 0 spiro atoms. The number of aromatic nitrogens is 1. The van der Waals surface area contributed by atoms with Crippen LogP contribution in [0.4, 0.5) is 5.69 Å². The second-order valence-electron chi connectivity index (χ2n) is 6.80. The van der Waals surface area contributed by atoms with Gasteiger partial charge in [0.2, 0.25) is 15.9 Å². The molecule has 0 radical (unpaired) electrons. The third-order valence-corrected chi connectivity index (χ3v) is 7.33. The smallest absolute Gasteiger partial charge is 0.249 e. The normalized spacial score (nSPS) is 20.5. The molecule has 0 saturated carbocycles. The van der Waals surface area contributed by atoms with Gasteiger partial charge in [-0.2, -0.15) is 4.31 Å². The molecular formula is C18H21N3O4S. The largest absolute Gasteiger partial charge is 0.360 e. The molecule has 2 aliphatic heterocycles. The molecule has 138 valence electrons. The summed E-state index contributed by atoms with van der Waals surface area (Å²) < 4.78 is 32.7. The van der Waals surface area contributed by atoms with Gasteiger partial charge in [0.15, 0.2) is 5.76 Å². The van der Waals surface area contributed by atoms with E-state index < -0.39 is 16.1 Å². The van der Waals surface area contributed by atoms with Gasteiger partial charge < -0.3 is 9.42 Å². The van der Waals surface area contributed by atoms with Crippen molar-refractivity contribution in [3.05, 3.63) is 41.3 Å². The maximum Gasteiger partial charge on any atom is 0.249 e. The number of amides is 1. The fourth-order valence-electron chi connectivity index (χ4n) is 3.98. The van der Waals surface area contributed by atoms with E-state index in [4.69, 9.17) is 4.52 Å². The second kappa shape index (κ2) is 6.21. The lowest BCUT2D eigenvalue weighted by atomic mass is 10.1. The highest BCUT2D eigenvalue weighted by molar-refractivity contribution is 7.89. The Morgan fingerprint density at radius 3 is 2.73 bits per heavy atom. The maximum absolute atomic E-state index is 13.2. The molecule has 2 aromatic rings. The van der Waals surface area contributed by atoms with Gasteiger partial charge >= 0.3 is 0 Å². The fourth-order valence-corrected chi connectivity index (χ4v) is 5.93. The zero-order chi connectivity index (χ0) is 18.5. The average Bonchev–Trinajstić information content (AvgIpc) is 3.32. The first-order valence-electron chi connectivity index (χ1n) is 8.75. The number of sulfonamides is 1. The highest BCUT2D eigenvalue weighted by Crippen LogP contribution is 2.34. The molecule has 1 amide bonds. The molecule has 4 rings (SSSR count). The predicted molar refractivity (Wildman–Crippen MR) is 95.4 cm³/mol. The minimum Gasteiger partial charge on any atom is -0.360 e. The standard InChI is InChI=1S/C18H21N3O4S/c1-12-17(13(2)25-19-12)26(23,24)21-10-5-8-16(21)18(22)20-11-9-14-6-3-4-7-15(14)20/h3-4,6-7,16H,5,8-11H2,1-2H3/t16-/m1/s1. The molecule has 3 heterocycles. The lowest BCUT2D eigenvalue weighted by molar-refractivity contribution is -0.121. The van der Waals surface area contributed by atoms with Crippen LogP contribution in [0.2, 0.25) is 0 Å². The Labute approximate surface area is 152 Å². The third kappa shape index (κ3) is 2.55. The summed E-state index contributed by atoms with van der Waals surface area (Å²) in [5.74, 6) is 0.106. The highest BCUT2D eigenvalue weighted by atomic mass is 32.2. The number of hydrogen-bond acceptors (Lipinski definition) is 5. The van der Waals surface area contributed by atoms with Crippen LogP contribution in [0.25, 0.3) is 0 Å². The molecule has 1 atom stereocenters. The van der Waals surface area contributed by atoms with Gasteiger partial charge in [-0.25, -0.2) is 8.42 Å². The summed E-state index contributed by atoms with van der Waals surface area (Å²) in [7, 11) is -3.83. The molecule has 0 bridgehead atoms. The van der Waals surface area contributed by atoms with Gasteiger partial charge in [0.25, 0.3) is 0 Å². The Bertz CT molecular complexity index is 947. The first kappa shape index (κ1) is 17.2. The Morgan fingerprint density at radius 1 is 1.23 bits per heavy atom. The number of anilines is 1. The van der Waals surface area contributed by atoms with Crippen LogP contribution in [0.15, 0.2) is 33.7 Å². The average molecular weight is 375 g/mol. The van der Waals surface area contributed by atoms with Crippen LogP contribution in [0.5, 0.6) is 0 Å². The first-order chi connectivity index (χ1) is 12.4. The van der Waals surface area contributed by atoms with Crippen molar-refractivity contribution >= 4 is 21.6 Å². The van der Waals surface area contributed by atoms with Crippen molar-refractivity contribution in [1.29, 1.82) is 0 Å². The molecule has 1 saturated heterocycles. The molecule has 1 aromatic heterocycles. The zero-order valence-corrected chi connectivity index (χ0v) is 15.6. The van der Waals surface area contributed by atoms with Crippen molar-refractivity contribution < 1.29 is 17.7 Å². The minimum absolute atomic E-state index is 0.0824. The number of nitrogens with zero attached hydrogens (tertiary/aromatic N) is 3. The van der Waals surface area contributed by atoms with Gasteiger partial charge in [-0.05, 0) is 44.7 Å². The van der Waals surface area contributed by atoms with Gasteiger partial charge in [-0.3, -0.25) is 4.79 Å². The summed E-state index contributed by atoms with van der Waals surface area (Å²) >= 11 is 0. The van der Waals surface area contributed by atoms with Crippen LogP contribution >= 0.6 is 0 Å². The molecule has 0 unspecified atom stereocenters. The third-order valence-electron chi connectivity index (χ3n) is 5.18. The Balaban J connectivity index is 1.67. The number of para-hydroxylation sites is 1. The Hall–Kier alpha value is -2.19. The second-order valence-corrected chi connectivity index (χ2v) is 8.62. The molecule has 2 aliphatic rings. The van der Waals surface area contributed by atoms with E-state index in [-0.39, 0.29) is 16.6 Å². The lowest BCUT2D eigenvalue weighted by Crippen LogP contribution is -2.47. The van der Waals surface area contributed by atoms with Crippen LogP contribution in [0.1, 0.15) is 29.9 Å². The number of hydrogen-bond donors (Lipinski definition) is 0. The Morgan fingerprint density at radius 2 is 2.00 bits per heavy atom. The zero-order valence-electron chi connectivity index (χ0n) is 14.8.